The fourth-order valence-corrected chi connectivity index (χ4v) is 3.48. The average molecular weight is 377 g/mol. The van der Waals surface area contributed by atoms with Gasteiger partial charge in [-0.1, -0.05) is 12.5 Å². The molecule has 0 radical (unpaired) electrons. The van der Waals surface area contributed by atoms with Gasteiger partial charge in [0.15, 0.2) is 17.5 Å². The Morgan fingerprint density at radius 2 is 2.00 bits per heavy atom. The standard InChI is InChI=1S/C21H36N4O2/c1-5-22-21(24-13-15-25-14-7-6-8-17(25)2)23-12-11-18-9-10-19(26-3)20(16-18)27-4/h9-10,16-17H,5-8,11-15H2,1-4H3,(H2,22,23,24). The number of ether oxygens (including phenoxy) is 2. The number of benzene rings is 1. The van der Waals surface area contributed by atoms with Crippen molar-refractivity contribution in [3.8, 4) is 11.5 Å². The quantitative estimate of drug-likeness (QED) is 0.513. The van der Waals surface area contributed by atoms with Crippen LogP contribution in [0.5, 0.6) is 11.5 Å². The molecule has 2 N–H and O–H groups in total. The van der Waals surface area contributed by atoms with Gasteiger partial charge < -0.3 is 20.1 Å². The van der Waals surface area contributed by atoms with Crippen molar-refractivity contribution in [2.75, 3.05) is 46.9 Å². The largest absolute Gasteiger partial charge is 0.493 e. The molecule has 0 amide bonds. The number of methoxy groups -OCH3 is 2. The van der Waals surface area contributed by atoms with Gasteiger partial charge in [-0.3, -0.25) is 9.89 Å². The number of aliphatic imine (C=N–C) groups is 1. The first-order chi connectivity index (χ1) is 13.2. The van der Waals surface area contributed by atoms with E-state index >= 15 is 0 Å². The van der Waals surface area contributed by atoms with E-state index in [2.05, 4.69) is 35.4 Å². The third-order valence-corrected chi connectivity index (χ3v) is 5.10. The molecule has 27 heavy (non-hydrogen) atoms. The lowest BCUT2D eigenvalue weighted by atomic mass is 10.0. The van der Waals surface area contributed by atoms with E-state index in [9.17, 15) is 0 Å². The molecule has 152 valence electrons. The number of piperidine rings is 1. The predicted octanol–water partition coefficient (Wildman–Crippen LogP) is 2.68. The summed E-state index contributed by atoms with van der Waals surface area (Å²) >= 11 is 0. The summed E-state index contributed by atoms with van der Waals surface area (Å²) in [6.07, 6.45) is 4.89. The van der Waals surface area contributed by atoms with Crippen LogP contribution in [-0.2, 0) is 6.42 Å². The van der Waals surface area contributed by atoms with Crippen LogP contribution in [0.25, 0.3) is 0 Å². The fraction of sp³-hybridized carbons (Fsp3) is 0.667. The Labute approximate surface area is 164 Å². The van der Waals surface area contributed by atoms with E-state index in [1.807, 2.05) is 12.1 Å². The second-order valence-corrected chi connectivity index (χ2v) is 7.01. The molecule has 0 aliphatic carbocycles. The molecule has 1 heterocycles. The minimum atomic E-state index is 0.689. The highest BCUT2D eigenvalue weighted by Crippen LogP contribution is 2.27. The van der Waals surface area contributed by atoms with Crippen LogP contribution in [0.3, 0.4) is 0 Å². The number of hydrogen-bond donors (Lipinski definition) is 2. The van der Waals surface area contributed by atoms with Gasteiger partial charge in [-0.05, 0) is 57.4 Å². The second kappa shape index (κ2) is 11.7. The van der Waals surface area contributed by atoms with Gasteiger partial charge in [0.25, 0.3) is 0 Å². The molecule has 1 aromatic rings. The number of hydrogen-bond acceptors (Lipinski definition) is 4. The van der Waals surface area contributed by atoms with E-state index in [-0.39, 0.29) is 0 Å². The molecule has 1 fully saturated rings. The molecule has 0 bridgehead atoms. The monoisotopic (exact) mass is 376 g/mol. The van der Waals surface area contributed by atoms with Crippen LogP contribution in [0.15, 0.2) is 23.2 Å². The first-order valence-corrected chi connectivity index (χ1v) is 10.1. The normalized spacial score (nSPS) is 18.2. The lowest BCUT2D eigenvalue weighted by molar-refractivity contribution is 0.166. The van der Waals surface area contributed by atoms with Gasteiger partial charge in [0.05, 0.1) is 20.8 Å². The zero-order valence-corrected chi connectivity index (χ0v) is 17.4. The summed E-state index contributed by atoms with van der Waals surface area (Å²) in [5.74, 6) is 2.42. The molecular weight excluding hydrogens is 340 g/mol. The second-order valence-electron chi connectivity index (χ2n) is 7.01. The Morgan fingerprint density at radius 1 is 1.19 bits per heavy atom. The number of nitrogens with one attached hydrogen (secondary N) is 2. The summed E-state index contributed by atoms with van der Waals surface area (Å²) in [5.41, 5.74) is 1.21. The molecule has 0 spiro atoms. The van der Waals surface area contributed by atoms with Crippen molar-refractivity contribution in [1.29, 1.82) is 0 Å². The molecule has 0 aromatic heterocycles. The summed E-state index contributed by atoms with van der Waals surface area (Å²) in [6.45, 7) is 9.18. The zero-order chi connectivity index (χ0) is 19.5. The van der Waals surface area contributed by atoms with Crippen molar-refractivity contribution >= 4 is 5.96 Å². The summed E-state index contributed by atoms with van der Waals surface area (Å²) in [6, 6.07) is 6.75. The zero-order valence-electron chi connectivity index (χ0n) is 17.4. The maximum absolute atomic E-state index is 5.38. The molecule has 6 nitrogen and oxygen atoms in total. The van der Waals surface area contributed by atoms with Crippen molar-refractivity contribution in [3.63, 3.8) is 0 Å². The Kier molecular flexibility index (Phi) is 9.25. The Balaban J connectivity index is 1.81. The van der Waals surface area contributed by atoms with Gasteiger partial charge >= 0.3 is 0 Å². The van der Waals surface area contributed by atoms with Gasteiger partial charge in [0.1, 0.15) is 0 Å². The van der Waals surface area contributed by atoms with E-state index in [1.54, 1.807) is 14.2 Å². The topological polar surface area (TPSA) is 58.1 Å². The van der Waals surface area contributed by atoms with Crippen LogP contribution < -0.4 is 20.1 Å². The van der Waals surface area contributed by atoms with Gasteiger partial charge in [0, 0.05) is 25.7 Å². The van der Waals surface area contributed by atoms with Crippen LogP contribution in [-0.4, -0.2) is 63.8 Å². The number of likely N-dealkylation sites (tertiary alicyclic amines) is 1. The maximum atomic E-state index is 5.38. The maximum Gasteiger partial charge on any atom is 0.191 e. The van der Waals surface area contributed by atoms with E-state index in [0.29, 0.717) is 6.04 Å². The highest BCUT2D eigenvalue weighted by atomic mass is 16.5. The third kappa shape index (κ3) is 6.94. The lowest BCUT2D eigenvalue weighted by Crippen LogP contribution is -2.41. The van der Waals surface area contributed by atoms with Gasteiger partial charge in [0.2, 0.25) is 0 Å². The summed E-state index contributed by atoms with van der Waals surface area (Å²) in [5, 5.41) is 6.77. The van der Waals surface area contributed by atoms with E-state index < -0.39 is 0 Å². The minimum absolute atomic E-state index is 0.689. The van der Waals surface area contributed by atoms with Crippen LogP contribution in [0.2, 0.25) is 0 Å². The number of rotatable bonds is 9. The summed E-state index contributed by atoms with van der Waals surface area (Å²) < 4.78 is 10.7. The minimum Gasteiger partial charge on any atom is -0.493 e. The molecule has 1 aromatic carbocycles. The molecule has 0 saturated carbocycles. The smallest absolute Gasteiger partial charge is 0.191 e. The molecule has 1 saturated heterocycles. The van der Waals surface area contributed by atoms with Crippen LogP contribution in [0, 0.1) is 0 Å². The van der Waals surface area contributed by atoms with Gasteiger partial charge in [-0.2, -0.15) is 0 Å². The Hall–Kier alpha value is -1.95. The molecule has 6 heteroatoms. The molecule has 1 aliphatic rings. The molecule has 2 rings (SSSR count). The van der Waals surface area contributed by atoms with Crippen molar-refractivity contribution < 1.29 is 9.47 Å². The van der Waals surface area contributed by atoms with Gasteiger partial charge in [-0.15, -0.1) is 0 Å². The van der Waals surface area contributed by atoms with Gasteiger partial charge in [-0.25, -0.2) is 0 Å². The molecule has 1 unspecified atom stereocenters. The average Bonchev–Trinajstić information content (AvgIpc) is 2.69. The number of guanidine groups is 1. The Morgan fingerprint density at radius 3 is 2.70 bits per heavy atom. The van der Waals surface area contributed by atoms with Crippen molar-refractivity contribution in [1.82, 2.24) is 15.5 Å². The number of nitrogens with zero attached hydrogens (tertiary/aromatic N) is 2. The third-order valence-electron chi connectivity index (χ3n) is 5.10. The predicted molar refractivity (Wildman–Crippen MR) is 112 cm³/mol. The summed E-state index contributed by atoms with van der Waals surface area (Å²) in [7, 11) is 3.32. The van der Waals surface area contributed by atoms with E-state index in [4.69, 9.17) is 14.5 Å². The molecular formula is C21H36N4O2. The lowest BCUT2D eigenvalue weighted by Gasteiger charge is -2.32. The van der Waals surface area contributed by atoms with E-state index in [1.165, 1.54) is 31.4 Å². The van der Waals surface area contributed by atoms with E-state index in [0.717, 1.165) is 50.1 Å². The van der Waals surface area contributed by atoms with Crippen LogP contribution in [0.4, 0.5) is 0 Å². The highest BCUT2D eigenvalue weighted by molar-refractivity contribution is 5.79. The summed E-state index contributed by atoms with van der Waals surface area (Å²) in [4.78, 5) is 7.30. The van der Waals surface area contributed by atoms with Crippen molar-refractivity contribution in [3.05, 3.63) is 23.8 Å². The van der Waals surface area contributed by atoms with Crippen LogP contribution in [0.1, 0.15) is 38.7 Å². The first kappa shape index (κ1) is 21.4. The first-order valence-electron chi connectivity index (χ1n) is 10.1. The SMILES string of the molecule is CCNC(=NCCN1CCCCC1C)NCCc1ccc(OC)c(OC)c1. The van der Waals surface area contributed by atoms with Crippen molar-refractivity contribution in [2.24, 2.45) is 4.99 Å². The molecule has 1 aliphatic heterocycles. The fourth-order valence-electron chi connectivity index (χ4n) is 3.48. The highest BCUT2D eigenvalue weighted by Gasteiger charge is 2.17. The molecule has 1 atom stereocenters. The van der Waals surface area contributed by atoms with Crippen LogP contribution >= 0.6 is 0 Å². The Bertz CT molecular complexity index is 592. The van der Waals surface area contributed by atoms with Crippen molar-refractivity contribution in [2.45, 2.75) is 45.6 Å².